The highest BCUT2D eigenvalue weighted by Gasteiger charge is 2.50. The maximum absolute atomic E-state index is 12.5. The van der Waals surface area contributed by atoms with Crippen LogP contribution in [0.2, 0.25) is 0 Å². The predicted molar refractivity (Wildman–Crippen MR) is 208 cm³/mol. The molecule has 3 aromatic carbocycles. The number of carboxylic acids is 2. The Labute approximate surface area is 300 Å². The first-order valence-electron chi connectivity index (χ1n) is 17.8. The summed E-state index contributed by atoms with van der Waals surface area (Å²) in [5, 5.41) is 23.5. The first-order valence-corrected chi connectivity index (χ1v) is 17.8. The second-order valence-corrected chi connectivity index (χ2v) is 14.2. The van der Waals surface area contributed by atoms with Crippen LogP contribution in [0, 0.1) is 11.3 Å². The monoisotopic (exact) mass is 678 g/mol. The lowest BCUT2D eigenvalue weighted by Gasteiger charge is -2.44. The van der Waals surface area contributed by atoms with Crippen molar-refractivity contribution in [1.82, 2.24) is 4.98 Å². The van der Waals surface area contributed by atoms with Gasteiger partial charge in [0.2, 0.25) is 0 Å². The van der Waals surface area contributed by atoms with Crippen molar-refractivity contribution in [3.8, 4) is 11.3 Å². The summed E-state index contributed by atoms with van der Waals surface area (Å²) in [6.45, 7) is 12.5. The smallest absolute Gasteiger partial charge is 0.303 e. The molecule has 6 heteroatoms. The Hall–Kier alpha value is -5.36. The quantitative estimate of drug-likeness (QED) is 0.183. The molecule has 0 saturated carbocycles. The third kappa shape index (κ3) is 7.14. The van der Waals surface area contributed by atoms with Crippen LogP contribution in [0.4, 0.5) is 0 Å². The SMILES string of the molecule is C=C1N=C(C)/C=C\C(C)C(CCC(=O)O)(CC2(CCC(=O)O)c3cc4ccccc4cc3-c3nc4ccccc4cc32)/C=C\C=C(/C)C=C1CC. The van der Waals surface area contributed by atoms with E-state index >= 15 is 0 Å². The molecule has 2 N–H and O–H groups in total. The second-order valence-electron chi connectivity index (χ2n) is 14.2. The number of aliphatic imine (C=N–C) groups is 1. The summed E-state index contributed by atoms with van der Waals surface area (Å²) in [5.74, 6) is -1.90. The van der Waals surface area contributed by atoms with E-state index in [4.69, 9.17) is 9.98 Å². The zero-order valence-corrected chi connectivity index (χ0v) is 29.9. The Morgan fingerprint density at radius 2 is 1.53 bits per heavy atom. The molecule has 51 heavy (non-hydrogen) atoms. The van der Waals surface area contributed by atoms with E-state index in [0.29, 0.717) is 19.3 Å². The molecule has 4 aromatic rings. The highest BCUT2D eigenvalue weighted by molar-refractivity contribution is 5.96. The summed E-state index contributed by atoms with van der Waals surface area (Å²) in [7, 11) is 0. The van der Waals surface area contributed by atoms with Crippen LogP contribution in [0.15, 0.2) is 132 Å². The number of fused-ring (bicyclic) bond motifs is 5. The van der Waals surface area contributed by atoms with Gasteiger partial charge < -0.3 is 10.2 Å². The number of hydrogen-bond donors (Lipinski definition) is 2. The number of benzene rings is 3. The van der Waals surface area contributed by atoms with E-state index in [0.717, 1.165) is 73.0 Å². The number of para-hydroxylation sites is 1. The molecule has 0 bridgehead atoms. The summed E-state index contributed by atoms with van der Waals surface area (Å²) < 4.78 is 0. The number of hydrogen-bond acceptors (Lipinski definition) is 4. The Kier molecular flexibility index (Phi) is 10.1. The number of carboxylic acid groups (broad SMARTS) is 2. The van der Waals surface area contributed by atoms with Crippen LogP contribution in [0.3, 0.4) is 0 Å². The first kappa shape index (κ1) is 35.5. The molecule has 6 rings (SSSR count). The largest absolute Gasteiger partial charge is 0.481 e. The topological polar surface area (TPSA) is 99.8 Å². The highest BCUT2D eigenvalue weighted by Crippen LogP contribution is 2.59. The van der Waals surface area contributed by atoms with Gasteiger partial charge in [-0.05, 0) is 109 Å². The zero-order valence-electron chi connectivity index (χ0n) is 29.9. The van der Waals surface area contributed by atoms with Crippen LogP contribution in [-0.2, 0) is 15.0 Å². The molecule has 1 aliphatic carbocycles. The van der Waals surface area contributed by atoms with Crippen molar-refractivity contribution in [3.63, 3.8) is 0 Å². The predicted octanol–water partition coefficient (Wildman–Crippen LogP) is 10.8. The molecule has 1 aromatic heterocycles. The van der Waals surface area contributed by atoms with E-state index in [9.17, 15) is 19.8 Å². The molecule has 3 unspecified atom stereocenters. The Balaban J connectivity index is 1.66. The van der Waals surface area contributed by atoms with Crippen molar-refractivity contribution in [1.29, 1.82) is 0 Å². The van der Waals surface area contributed by atoms with Crippen molar-refractivity contribution >= 4 is 39.3 Å². The van der Waals surface area contributed by atoms with Crippen molar-refractivity contribution in [3.05, 3.63) is 138 Å². The van der Waals surface area contributed by atoms with Crippen LogP contribution < -0.4 is 0 Å². The lowest BCUT2D eigenvalue weighted by molar-refractivity contribution is -0.138. The highest BCUT2D eigenvalue weighted by atomic mass is 16.4. The third-order valence-electron chi connectivity index (χ3n) is 10.9. The van der Waals surface area contributed by atoms with Crippen LogP contribution in [0.1, 0.15) is 77.3 Å². The molecule has 0 fully saturated rings. The van der Waals surface area contributed by atoms with Gasteiger partial charge in [-0.25, -0.2) is 4.98 Å². The molecule has 1 aliphatic heterocycles. The van der Waals surface area contributed by atoms with E-state index in [1.807, 2.05) is 50.3 Å². The van der Waals surface area contributed by atoms with Crippen LogP contribution >= 0.6 is 0 Å². The fraction of sp³-hybridized carbons (Fsp3) is 0.289. The second kappa shape index (κ2) is 14.5. The molecule has 260 valence electrons. The molecule has 0 amide bonds. The van der Waals surface area contributed by atoms with Gasteiger partial charge >= 0.3 is 11.9 Å². The average molecular weight is 679 g/mol. The molecule has 0 saturated heterocycles. The fourth-order valence-corrected chi connectivity index (χ4v) is 8.11. The van der Waals surface area contributed by atoms with Gasteiger partial charge in [0, 0.05) is 34.9 Å². The maximum Gasteiger partial charge on any atom is 0.303 e. The van der Waals surface area contributed by atoms with Gasteiger partial charge in [0.25, 0.3) is 0 Å². The van der Waals surface area contributed by atoms with Crippen LogP contribution in [-0.4, -0.2) is 32.8 Å². The van der Waals surface area contributed by atoms with Crippen molar-refractivity contribution in [2.45, 2.75) is 71.6 Å². The van der Waals surface area contributed by atoms with Gasteiger partial charge in [0.05, 0.1) is 16.9 Å². The minimum atomic E-state index is -0.874. The number of allylic oxidation sites excluding steroid dienone is 8. The fourth-order valence-electron chi connectivity index (χ4n) is 8.11. The molecule has 6 nitrogen and oxygen atoms in total. The van der Waals surface area contributed by atoms with E-state index < -0.39 is 22.8 Å². The van der Waals surface area contributed by atoms with E-state index in [2.05, 4.69) is 87.2 Å². The van der Waals surface area contributed by atoms with Gasteiger partial charge in [-0.3, -0.25) is 14.6 Å². The molecule has 0 radical (unpaired) electrons. The molecule has 3 atom stereocenters. The van der Waals surface area contributed by atoms with Gasteiger partial charge in [0.1, 0.15) is 0 Å². The van der Waals surface area contributed by atoms with Gasteiger partial charge in [-0.2, -0.15) is 0 Å². The van der Waals surface area contributed by atoms with Crippen molar-refractivity contribution < 1.29 is 19.8 Å². The Morgan fingerprint density at radius 3 is 2.24 bits per heavy atom. The normalized spacial score (nSPS) is 24.2. The zero-order chi connectivity index (χ0) is 36.3. The van der Waals surface area contributed by atoms with E-state index in [1.54, 1.807) is 0 Å². The summed E-state index contributed by atoms with van der Waals surface area (Å²) in [5.41, 5.74) is 6.89. The third-order valence-corrected chi connectivity index (χ3v) is 10.9. The molecule has 2 aliphatic rings. The maximum atomic E-state index is 12.5. The minimum Gasteiger partial charge on any atom is -0.481 e. The van der Waals surface area contributed by atoms with Gasteiger partial charge in [-0.1, -0.05) is 98.8 Å². The minimum absolute atomic E-state index is 0.0443. The summed E-state index contributed by atoms with van der Waals surface area (Å²) in [4.78, 5) is 34.9. The first-order chi connectivity index (χ1) is 24.4. The molecule has 2 heterocycles. The molecule has 0 spiro atoms. The summed E-state index contributed by atoms with van der Waals surface area (Å²) in [6.07, 6.45) is 14.4. The van der Waals surface area contributed by atoms with Gasteiger partial charge in [0.15, 0.2) is 0 Å². The summed E-state index contributed by atoms with van der Waals surface area (Å²) >= 11 is 0. The Morgan fingerprint density at radius 1 is 0.882 bits per heavy atom. The number of pyridine rings is 1. The van der Waals surface area contributed by atoms with E-state index in [1.165, 1.54) is 0 Å². The standard InChI is InChI=1S/C45H46N2O4/c1-6-33-24-29(2)12-11-21-44(22-19-41(48)49,30(3)17-18-31(4)46-32(33)5)28-45(23-20-42(50)51)38-26-35-14-8-7-13-34(35)25-37(38)43-39(45)27-36-15-9-10-16-40(36)47-43/h7-18,21,24-27,30H,5-6,19-20,22-23,28H2,1-4H3,(H,48,49)(H,50,51)/b18-17-,21-11-,29-12+,33-24?,46-31?. The number of carbonyl (C=O) groups is 2. The number of aromatic nitrogens is 1. The van der Waals surface area contributed by atoms with E-state index in [-0.39, 0.29) is 18.8 Å². The number of nitrogens with zero attached hydrogens (tertiary/aromatic N) is 2. The molecular formula is C45H46N2O4. The summed E-state index contributed by atoms with van der Waals surface area (Å²) in [6, 6.07) is 22.9. The number of rotatable bonds is 9. The van der Waals surface area contributed by atoms with Crippen LogP contribution in [0.25, 0.3) is 32.9 Å². The Bertz CT molecular complexity index is 2120. The average Bonchev–Trinajstić information content (AvgIpc) is 3.35. The lowest BCUT2D eigenvalue weighted by Crippen LogP contribution is -2.38. The lowest BCUT2D eigenvalue weighted by atomic mass is 9.58. The van der Waals surface area contributed by atoms with Crippen molar-refractivity contribution in [2.75, 3.05) is 0 Å². The molecular weight excluding hydrogens is 633 g/mol. The van der Waals surface area contributed by atoms with Gasteiger partial charge in [-0.15, -0.1) is 0 Å². The number of aliphatic carboxylic acids is 2. The van der Waals surface area contributed by atoms with Crippen molar-refractivity contribution in [2.24, 2.45) is 16.3 Å². The van der Waals surface area contributed by atoms with Crippen LogP contribution in [0.5, 0.6) is 0 Å².